The van der Waals surface area contributed by atoms with E-state index in [0.717, 1.165) is 0 Å². The topological polar surface area (TPSA) is 98.3 Å². The lowest BCUT2D eigenvalue weighted by Gasteiger charge is -2.04. The SMILES string of the molecule is O=[N+]([O-])C(Nc1ccccc1)[N+](=O)[O-]. The second-order valence-corrected chi connectivity index (χ2v) is 2.45. The molecule has 0 amide bonds. The van der Waals surface area contributed by atoms with Crippen LogP contribution in [0.4, 0.5) is 5.69 Å². The maximum absolute atomic E-state index is 10.2. The Balaban J connectivity index is 2.75. The lowest BCUT2D eigenvalue weighted by Crippen LogP contribution is -2.36. The van der Waals surface area contributed by atoms with Crippen LogP contribution in [-0.4, -0.2) is 16.1 Å². The van der Waals surface area contributed by atoms with Crippen LogP contribution in [0.2, 0.25) is 0 Å². The number of anilines is 1. The number of nitrogens with one attached hydrogen (secondary N) is 1. The molecule has 7 nitrogen and oxygen atoms in total. The molecule has 74 valence electrons. The van der Waals surface area contributed by atoms with Crippen molar-refractivity contribution in [1.29, 1.82) is 0 Å². The molecule has 0 fully saturated rings. The van der Waals surface area contributed by atoms with E-state index >= 15 is 0 Å². The summed E-state index contributed by atoms with van der Waals surface area (Å²) in [7, 11) is 0. The lowest BCUT2D eigenvalue weighted by molar-refractivity contribution is -0.733. The van der Waals surface area contributed by atoms with E-state index in [0.29, 0.717) is 5.69 Å². The average Bonchev–Trinajstić information content (AvgIpc) is 2.15. The predicted molar refractivity (Wildman–Crippen MR) is 47.8 cm³/mol. The van der Waals surface area contributed by atoms with Gasteiger partial charge in [-0.1, -0.05) is 18.2 Å². The minimum absolute atomic E-state index is 0.339. The molecule has 14 heavy (non-hydrogen) atoms. The molecule has 0 unspecified atom stereocenters. The minimum Gasteiger partial charge on any atom is -0.260 e. The summed E-state index contributed by atoms with van der Waals surface area (Å²) in [6.45, 7) is 0. The van der Waals surface area contributed by atoms with Crippen molar-refractivity contribution in [1.82, 2.24) is 0 Å². The summed E-state index contributed by atoms with van der Waals surface area (Å²) in [6, 6.07) is 7.98. The molecule has 7 heteroatoms. The number of rotatable bonds is 4. The van der Waals surface area contributed by atoms with E-state index in [1.54, 1.807) is 18.2 Å². The molecule has 0 bridgehead atoms. The molecule has 0 aliphatic rings. The van der Waals surface area contributed by atoms with Crippen LogP contribution < -0.4 is 5.32 Å². The molecular formula is C7H7N3O4. The van der Waals surface area contributed by atoms with Gasteiger partial charge in [0.05, 0.1) is 0 Å². The standard InChI is InChI=1S/C7H7N3O4/c11-9(12)7(10(13)14)8-6-4-2-1-3-5-6/h1-5,7-8H. The Morgan fingerprint density at radius 1 is 1.07 bits per heavy atom. The molecule has 0 atom stereocenters. The number of nitro groups is 2. The predicted octanol–water partition coefficient (Wildman–Crippen LogP) is 0.935. The van der Waals surface area contributed by atoms with Gasteiger partial charge >= 0.3 is 6.29 Å². The number of hydrogen-bond donors (Lipinski definition) is 1. The van der Waals surface area contributed by atoms with E-state index in [-0.39, 0.29) is 0 Å². The van der Waals surface area contributed by atoms with Crippen molar-refractivity contribution in [3.05, 3.63) is 50.6 Å². The summed E-state index contributed by atoms with van der Waals surface area (Å²) in [5, 5.41) is 22.7. The van der Waals surface area contributed by atoms with Crippen molar-refractivity contribution >= 4 is 5.69 Å². The number of para-hydroxylation sites is 1. The monoisotopic (exact) mass is 197 g/mol. The van der Waals surface area contributed by atoms with Gasteiger partial charge < -0.3 is 0 Å². The first-order valence-electron chi connectivity index (χ1n) is 3.70. The highest BCUT2D eigenvalue weighted by atomic mass is 16.7. The molecule has 0 saturated heterocycles. The van der Waals surface area contributed by atoms with E-state index in [2.05, 4.69) is 5.32 Å². The molecule has 1 N–H and O–H groups in total. The summed E-state index contributed by atoms with van der Waals surface area (Å²) in [4.78, 5) is 18.5. The second-order valence-electron chi connectivity index (χ2n) is 2.45. The van der Waals surface area contributed by atoms with Crippen molar-refractivity contribution in [2.45, 2.75) is 6.29 Å². The van der Waals surface area contributed by atoms with Crippen LogP contribution in [0.3, 0.4) is 0 Å². The van der Waals surface area contributed by atoms with Gasteiger partial charge in [-0.25, -0.2) is 0 Å². The van der Waals surface area contributed by atoms with E-state index in [4.69, 9.17) is 0 Å². The van der Waals surface area contributed by atoms with Gasteiger partial charge in [0.1, 0.15) is 9.85 Å². The summed E-state index contributed by atoms with van der Waals surface area (Å²) in [5.74, 6) is 0. The highest BCUT2D eigenvalue weighted by Crippen LogP contribution is 2.07. The lowest BCUT2D eigenvalue weighted by atomic mass is 10.3. The summed E-state index contributed by atoms with van der Waals surface area (Å²) in [6.07, 6.45) is -2.00. The van der Waals surface area contributed by atoms with Gasteiger partial charge in [0.25, 0.3) is 0 Å². The van der Waals surface area contributed by atoms with E-state index < -0.39 is 16.1 Å². The Bertz CT molecular complexity index is 326. The Kier molecular flexibility index (Phi) is 2.95. The zero-order valence-electron chi connectivity index (χ0n) is 6.99. The van der Waals surface area contributed by atoms with Gasteiger partial charge in [0, 0.05) is 5.69 Å². The van der Waals surface area contributed by atoms with Crippen LogP contribution in [-0.2, 0) is 0 Å². The van der Waals surface area contributed by atoms with Crippen molar-refractivity contribution in [3.63, 3.8) is 0 Å². The number of benzene rings is 1. The molecule has 0 aromatic heterocycles. The van der Waals surface area contributed by atoms with Gasteiger partial charge in [-0.05, 0) is 12.1 Å². The van der Waals surface area contributed by atoms with Crippen molar-refractivity contribution in [3.8, 4) is 0 Å². The Hall–Kier alpha value is -2.18. The molecular weight excluding hydrogens is 190 g/mol. The first kappa shape index (κ1) is 9.90. The summed E-state index contributed by atoms with van der Waals surface area (Å²) < 4.78 is 0. The smallest absolute Gasteiger partial charge is 0.260 e. The first-order valence-corrected chi connectivity index (χ1v) is 3.70. The van der Waals surface area contributed by atoms with Gasteiger partial charge in [-0.3, -0.25) is 25.5 Å². The Morgan fingerprint density at radius 2 is 1.57 bits per heavy atom. The Morgan fingerprint density at radius 3 is 2.00 bits per heavy atom. The molecule has 0 heterocycles. The van der Waals surface area contributed by atoms with E-state index in [9.17, 15) is 20.2 Å². The molecule has 0 aliphatic heterocycles. The van der Waals surface area contributed by atoms with E-state index in [1.807, 2.05) is 0 Å². The fourth-order valence-electron chi connectivity index (χ4n) is 0.866. The quantitative estimate of drug-likeness (QED) is 0.440. The summed E-state index contributed by atoms with van der Waals surface area (Å²) >= 11 is 0. The molecule has 0 radical (unpaired) electrons. The molecule has 1 rings (SSSR count). The van der Waals surface area contributed by atoms with Gasteiger partial charge in [-0.2, -0.15) is 0 Å². The zero-order chi connectivity index (χ0) is 10.6. The van der Waals surface area contributed by atoms with Gasteiger partial charge in [-0.15, -0.1) is 0 Å². The highest BCUT2D eigenvalue weighted by Gasteiger charge is 2.31. The third kappa shape index (κ3) is 2.41. The molecule has 1 aromatic carbocycles. The first-order chi connectivity index (χ1) is 6.61. The van der Waals surface area contributed by atoms with Crippen LogP contribution in [0, 0.1) is 20.2 Å². The van der Waals surface area contributed by atoms with Crippen LogP contribution >= 0.6 is 0 Å². The fraction of sp³-hybridized carbons (Fsp3) is 0.143. The largest absolute Gasteiger partial charge is 0.533 e. The maximum Gasteiger partial charge on any atom is 0.533 e. The second kappa shape index (κ2) is 4.17. The van der Waals surface area contributed by atoms with Crippen molar-refractivity contribution < 1.29 is 9.85 Å². The van der Waals surface area contributed by atoms with Gasteiger partial charge in [0.2, 0.25) is 0 Å². The zero-order valence-corrected chi connectivity index (χ0v) is 6.99. The summed E-state index contributed by atoms with van der Waals surface area (Å²) in [5.41, 5.74) is 0.339. The Labute approximate surface area is 78.7 Å². The molecule has 0 aliphatic carbocycles. The third-order valence-corrected chi connectivity index (χ3v) is 1.47. The van der Waals surface area contributed by atoms with Gasteiger partial charge in [0.15, 0.2) is 0 Å². The fourth-order valence-corrected chi connectivity index (χ4v) is 0.866. The highest BCUT2D eigenvalue weighted by molar-refractivity contribution is 5.42. The van der Waals surface area contributed by atoms with Crippen LogP contribution in [0.15, 0.2) is 30.3 Å². The van der Waals surface area contributed by atoms with Crippen LogP contribution in [0.5, 0.6) is 0 Å². The van der Waals surface area contributed by atoms with Crippen molar-refractivity contribution in [2.75, 3.05) is 5.32 Å². The molecule has 0 saturated carbocycles. The number of nitrogens with zero attached hydrogens (tertiary/aromatic N) is 2. The van der Waals surface area contributed by atoms with Crippen LogP contribution in [0.25, 0.3) is 0 Å². The minimum atomic E-state index is -2.00. The van der Waals surface area contributed by atoms with E-state index in [1.165, 1.54) is 12.1 Å². The van der Waals surface area contributed by atoms with Crippen molar-refractivity contribution in [2.24, 2.45) is 0 Å². The molecule has 0 spiro atoms. The average molecular weight is 197 g/mol. The maximum atomic E-state index is 10.2. The normalized spacial score (nSPS) is 9.79. The van der Waals surface area contributed by atoms with Crippen LogP contribution in [0.1, 0.15) is 0 Å². The molecule has 1 aromatic rings. The number of hydrogen-bond acceptors (Lipinski definition) is 5. The third-order valence-electron chi connectivity index (χ3n) is 1.47.